The zero-order valence-electron chi connectivity index (χ0n) is 15.3. The highest BCUT2D eigenvalue weighted by molar-refractivity contribution is 5.76. The zero-order valence-corrected chi connectivity index (χ0v) is 15.3. The van der Waals surface area contributed by atoms with Gasteiger partial charge in [0.2, 0.25) is 5.91 Å². The van der Waals surface area contributed by atoms with Crippen molar-refractivity contribution in [3.05, 3.63) is 71.3 Å². The number of aryl methyl sites for hydroxylation is 2. The van der Waals surface area contributed by atoms with E-state index < -0.39 is 0 Å². The Hall–Kier alpha value is -2.64. The summed E-state index contributed by atoms with van der Waals surface area (Å²) in [5.74, 6) is 0.206. The monoisotopic (exact) mass is 347 g/mol. The first-order valence-electron chi connectivity index (χ1n) is 9.20. The number of piperazine rings is 1. The van der Waals surface area contributed by atoms with Gasteiger partial charge in [0.15, 0.2) is 0 Å². The lowest BCUT2D eigenvalue weighted by Gasteiger charge is -2.37. The van der Waals surface area contributed by atoms with E-state index in [1.54, 1.807) is 0 Å². The van der Waals surface area contributed by atoms with Gasteiger partial charge in [-0.3, -0.25) is 9.69 Å². The molecule has 0 N–H and O–H groups in total. The molecule has 1 fully saturated rings. The van der Waals surface area contributed by atoms with Gasteiger partial charge >= 0.3 is 0 Å². The van der Waals surface area contributed by atoms with Crippen molar-refractivity contribution in [3.63, 3.8) is 0 Å². The van der Waals surface area contributed by atoms with E-state index in [1.165, 1.54) is 5.56 Å². The van der Waals surface area contributed by atoms with E-state index in [0.717, 1.165) is 30.6 Å². The Labute approximate surface area is 155 Å². The molecule has 0 saturated carbocycles. The molecule has 1 aliphatic rings. The lowest BCUT2D eigenvalue weighted by atomic mass is 10.0. The Morgan fingerprint density at radius 1 is 1.04 bits per heavy atom. The first kappa shape index (κ1) is 18.2. The molecule has 0 aliphatic carbocycles. The Morgan fingerprint density at radius 3 is 2.35 bits per heavy atom. The van der Waals surface area contributed by atoms with E-state index >= 15 is 0 Å². The summed E-state index contributed by atoms with van der Waals surface area (Å²) in [7, 11) is 0. The molecule has 0 bridgehead atoms. The van der Waals surface area contributed by atoms with Crippen molar-refractivity contribution in [2.24, 2.45) is 0 Å². The lowest BCUT2D eigenvalue weighted by Crippen LogP contribution is -2.49. The third kappa shape index (κ3) is 4.30. The molecule has 2 aromatic rings. The summed E-state index contributed by atoms with van der Waals surface area (Å²) in [5.41, 5.74) is 3.41. The fourth-order valence-corrected chi connectivity index (χ4v) is 3.53. The standard InChI is InChI=1S/C22H25N3O/c1-18-7-5-6-10-20(18)21(17-23)24-13-15-25(16-14-24)22(26)12-11-19-8-3-2-4-9-19/h2-10,21H,11-16H2,1H3. The van der Waals surface area contributed by atoms with E-state index in [0.29, 0.717) is 19.5 Å². The highest BCUT2D eigenvalue weighted by Crippen LogP contribution is 2.24. The molecule has 3 rings (SSSR count). The normalized spacial score (nSPS) is 16.1. The number of carbonyl (C=O) groups excluding carboxylic acids is 1. The van der Waals surface area contributed by atoms with Crippen molar-refractivity contribution in [2.75, 3.05) is 26.2 Å². The summed E-state index contributed by atoms with van der Waals surface area (Å²) in [6, 6.07) is 20.4. The number of amides is 1. The second kappa shape index (κ2) is 8.64. The maximum absolute atomic E-state index is 12.5. The maximum atomic E-state index is 12.5. The van der Waals surface area contributed by atoms with Gasteiger partial charge in [0.25, 0.3) is 0 Å². The summed E-state index contributed by atoms with van der Waals surface area (Å²) >= 11 is 0. The molecule has 26 heavy (non-hydrogen) atoms. The smallest absolute Gasteiger partial charge is 0.222 e. The van der Waals surface area contributed by atoms with Crippen molar-refractivity contribution in [2.45, 2.75) is 25.8 Å². The molecule has 1 unspecified atom stereocenters. The number of nitrogens with zero attached hydrogens (tertiary/aromatic N) is 3. The largest absolute Gasteiger partial charge is 0.340 e. The molecule has 1 atom stereocenters. The number of hydrogen-bond acceptors (Lipinski definition) is 3. The van der Waals surface area contributed by atoms with Gasteiger partial charge < -0.3 is 4.90 Å². The van der Waals surface area contributed by atoms with Crippen molar-refractivity contribution in [1.29, 1.82) is 5.26 Å². The molecule has 0 radical (unpaired) electrons. The van der Waals surface area contributed by atoms with Crippen LogP contribution in [-0.4, -0.2) is 41.9 Å². The number of benzene rings is 2. The minimum absolute atomic E-state index is 0.206. The van der Waals surface area contributed by atoms with E-state index in [9.17, 15) is 10.1 Å². The van der Waals surface area contributed by atoms with Gasteiger partial charge in [-0.25, -0.2) is 0 Å². The van der Waals surface area contributed by atoms with Gasteiger partial charge in [0, 0.05) is 32.6 Å². The van der Waals surface area contributed by atoms with Crippen LogP contribution in [0.3, 0.4) is 0 Å². The molecule has 0 aromatic heterocycles. The van der Waals surface area contributed by atoms with Crippen LogP contribution in [-0.2, 0) is 11.2 Å². The van der Waals surface area contributed by atoms with Gasteiger partial charge in [-0.15, -0.1) is 0 Å². The highest BCUT2D eigenvalue weighted by atomic mass is 16.2. The predicted octanol–water partition coefficient (Wildman–Crippen LogP) is 3.34. The Bertz CT molecular complexity index is 773. The third-order valence-electron chi connectivity index (χ3n) is 5.11. The van der Waals surface area contributed by atoms with Crippen LogP contribution >= 0.6 is 0 Å². The quantitative estimate of drug-likeness (QED) is 0.833. The second-order valence-corrected chi connectivity index (χ2v) is 6.79. The van der Waals surface area contributed by atoms with Crippen LogP contribution in [0.5, 0.6) is 0 Å². The number of hydrogen-bond donors (Lipinski definition) is 0. The summed E-state index contributed by atoms with van der Waals surface area (Å²) in [4.78, 5) is 16.6. The van der Waals surface area contributed by atoms with Crippen LogP contribution in [0.2, 0.25) is 0 Å². The SMILES string of the molecule is Cc1ccccc1C(C#N)N1CCN(C(=O)CCc2ccccc2)CC1. The van der Waals surface area contributed by atoms with Crippen molar-refractivity contribution in [1.82, 2.24) is 9.80 Å². The summed E-state index contributed by atoms with van der Waals surface area (Å²) < 4.78 is 0. The Morgan fingerprint density at radius 2 is 1.69 bits per heavy atom. The summed E-state index contributed by atoms with van der Waals surface area (Å²) in [5, 5.41) is 9.67. The number of rotatable bonds is 5. The number of carbonyl (C=O) groups is 1. The lowest BCUT2D eigenvalue weighted by molar-refractivity contribution is -0.133. The fourth-order valence-electron chi connectivity index (χ4n) is 3.53. The van der Waals surface area contributed by atoms with Crippen LogP contribution in [0.15, 0.2) is 54.6 Å². The molecule has 1 saturated heterocycles. The average molecular weight is 347 g/mol. The van der Waals surface area contributed by atoms with Gasteiger partial charge in [-0.05, 0) is 30.0 Å². The Kier molecular flexibility index (Phi) is 6.04. The van der Waals surface area contributed by atoms with Gasteiger partial charge in [0.1, 0.15) is 6.04 Å². The van der Waals surface area contributed by atoms with Crippen LogP contribution in [0, 0.1) is 18.3 Å². The van der Waals surface area contributed by atoms with Crippen molar-refractivity contribution in [3.8, 4) is 6.07 Å². The molecule has 134 valence electrons. The second-order valence-electron chi connectivity index (χ2n) is 6.79. The van der Waals surface area contributed by atoms with E-state index in [-0.39, 0.29) is 11.9 Å². The zero-order chi connectivity index (χ0) is 18.4. The van der Waals surface area contributed by atoms with Crippen LogP contribution in [0.25, 0.3) is 0 Å². The molecule has 0 spiro atoms. The molecule has 1 amide bonds. The van der Waals surface area contributed by atoms with Gasteiger partial charge in [-0.1, -0.05) is 54.6 Å². The first-order chi connectivity index (χ1) is 12.7. The number of nitriles is 1. The topological polar surface area (TPSA) is 47.3 Å². The molecular formula is C22H25N3O. The van der Waals surface area contributed by atoms with E-state index in [1.807, 2.05) is 54.3 Å². The minimum Gasteiger partial charge on any atom is -0.340 e. The summed E-state index contributed by atoms with van der Waals surface area (Å²) in [6.45, 7) is 4.91. The van der Waals surface area contributed by atoms with Crippen LogP contribution in [0.1, 0.15) is 29.2 Å². The van der Waals surface area contributed by atoms with Gasteiger partial charge in [-0.2, -0.15) is 5.26 Å². The van der Waals surface area contributed by atoms with Crippen LogP contribution < -0.4 is 0 Å². The highest BCUT2D eigenvalue weighted by Gasteiger charge is 2.27. The fraction of sp³-hybridized carbons (Fsp3) is 0.364. The van der Waals surface area contributed by atoms with Crippen LogP contribution in [0.4, 0.5) is 0 Å². The molecule has 1 aliphatic heterocycles. The third-order valence-corrected chi connectivity index (χ3v) is 5.11. The molecule has 4 nitrogen and oxygen atoms in total. The predicted molar refractivity (Wildman–Crippen MR) is 102 cm³/mol. The van der Waals surface area contributed by atoms with Crippen molar-refractivity contribution >= 4 is 5.91 Å². The molecular weight excluding hydrogens is 322 g/mol. The maximum Gasteiger partial charge on any atom is 0.222 e. The molecule has 2 aromatic carbocycles. The molecule has 1 heterocycles. The van der Waals surface area contributed by atoms with E-state index in [2.05, 4.69) is 23.1 Å². The summed E-state index contributed by atoms with van der Waals surface area (Å²) in [6.07, 6.45) is 1.33. The Balaban J connectivity index is 1.54. The van der Waals surface area contributed by atoms with E-state index in [4.69, 9.17) is 0 Å². The molecule has 4 heteroatoms. The first-order valence-corrected chi connectivity index (χ1v) is 9.20. The van der Waals surface area contributed by atoms with Crippen molar-refractivity contribution < 1.29 is 4.79 Å². The minimum atomic E-state index is -0.238. The average Bonchev–Trinajstić information content (AvgIpc) is 2.69. The van der Waals surface area contributed by atoms with Gasteiger partial charge in [0.05, 0.1) is 6.07 Å².